The molecule has 0 saturated heterocycles. The molecule has 0 spiro atoms. The molecule has 6 heteroatoms. The van der Waals surface area contributed by atoms with Gasteiger partial charge in [-0.05, 0) is 18.2 Å². The van der Waals surface area contributed by atoms with E-state index in [1.54, 1.807) is 6.07 Å². The molecule has 0 atom stereocenters. The molecule has 0 bridgehead atoms. The van der Waals surface area contributed by atoms with Crippen LogP contribution in [0.25, 0.3) is 0 Å². The fourth-order valence-corrected chi connectivity index (χ4v) is 0.785. The van der Waals surface area contributed by atoms with E-state index < -0.39 is 11.7 Å². The van der Waals surface area contributed by atoms with E-state index in [4.69, 9.17) is 5.21 Å². The van der Waals surface area contributed by atoms with Crippen molar-refractivity contribution in [3.63, 3.8) is 0 Å². The number of carbonyl (C=O) groups is 1. The van der Waals surface area contributed by atoms with Crippen molar-refractivity contribution in [3.8, 4) is 0 Å². The SMILES string of the molecule is O=C(/C=N/O)NNc1cccc(F)c1. The van der Waals surface area contributed by atoms with E-state index in [0.717, 1.165) is 0 Å². The lowest BCUT2D eigenvalue weighted by Gasteiger charge is -2.05. The third-order valence-electron chi connectivity index (χ3n) is 1.33. The Balaban J connectivity index is 2.49. The third-order valence-corrected chi connectivity index (χ3v) is 1.33. The Morgan fingerprint density at radius 1 is 1.57 bits per heavy atom. The van der Waals surface area contributed by atoms with Gasteiger partial charge in [0.05, 0.1) is 5.69 Å². The predicted octanol–water partition coefficient (Wildman–Crippen LogP) is 0.729. The van der Waals surface area contributed by atoms with Gasteiger partial charge >= 0.3 is 0 Å². The highest BCUT2D eigenvalue weighted by Crippen LogP contribution is 2.06. The normalized spacial score (nSPS) is 10.1. The number of nitrogens with zero attached hydrogens (tertiary/aromatic N) is 1. The van der Waals surface area contributed by atoms with E-state index in [9.17, 15) is 9.18 Å². The number of carbonyl (C=O) groups excluding carboxylic acids is 1. The Morgan fingerprint density at radius 3 is 3.00 bits per heavy atom. The van der Waals surface area contributed by atoms with Crippen LogP contribution < -0.4 is 10.9 Å². The maximum Gasteiger partial charge on any atom is 0.284 e. The molecule has 5 nitrogen and oxygen atoms in total. The number of amides is 1. The number of halogens is 1. The molecule has 3 N–H and O–H groups in total. The zero-order valence-corrected chi connectivity index (χ0v) is 7.07. The van der Waals surface area contributed by atoms with Gasteiger partial charge in [-0.3, -0.25) is 15.6 Å². The summed E-state index contributed by atoms with van der Waals surface area (Å²) in [6.07, 6.45) is 0.673. The minimum atomic E-state index is -0.642. The summed E-state index contributed by atoms with van der Waals surface area (Å²) >= 11 is 0. The first-order chi connectivity index (χ1) is 6.72. The summed E-state index contributed by atoms with van der Waals surface area (Å²) in [4.78, 5) is 10.7. The minimum absolute atomic E-state index is 0.393. The molecular formula is C8H8FN3O2. The van der Waals surface area contributed by atoms with Gasteiger partial charge in [0.25, 0.3) is 5.91 Å². The summed E-state index contributed by atoms with van der Waals surface area (Å²) in [6, 6.07) is 5.54. The number of hydrogen-bond acceptors (Lipinski definition) is 4. The van der Waals surface area contributed by atoms with Crippen LogP contribution in [0.2, 0.25) is 0 Å². The average molecular weight is 197 g/mol. The van der Waals surface area contributed by atoms with Crippen LogP contribution in [0.3, 0.4) is 0 Å². The first-order valence-electron chi connectivity index (χ1n) is 3.71. The van der Waals surface area contributed by atoms with E-state index in [2.05, 4.69) is 16.0 Å². The Kier molecular flexibility index (Phi) is 3.42. The van der Waals surface area contributed by atoms with E-state index in [-0.39, 0.29) is 0 Å². The second-order valence-corrected chi connectivity index (χ2v) is 2.37. The Labute approximate surface area is 79.2 Å². The molecule has 0 radical (unpaired) electrons. The van der Waals surface area contributed by atoms with Crippen LogP contribution in [-0.2, 0) is 4.79 Å². The minimum Gasteiger partial charge on any atom is -0.411 e. The number of benzene rings is 1. The quantitative estimate of drug-likeness (QED) is 0.380. The molecule has 0 fully saturated rings. The monoisotopic (exact) mass is 197 g/mol. The molecule has 1 amide bonds. The predicted molar refractivity (Wildman–Crippen MR) is 48.4 cm³/mol. The molecule has 0 unspecified atom stereocenters. The largest absolute Gasteiger partial charge is 0.411 e. The van der Waals surface area contributed by atoms with Gasteiger partial charge in [0, 0.05) is 0 Å². The summed E-state index contributed by atoms with van der Waals surface area (Å²) < 4.78 is 12.6. The van der Waals surface area contributed by atoms with Gasteiger partial charge in [-0.1, -0.05) is 11.2 Å². The highest BCUT2D eigenvalue weighted by Gasteiger charge is 1.96. The van der Waals surface area contributed by atoms with Crippen molar-refractivity contribution in [1.29, 1.82) is 0 Å². The van der Waals surface area contributed by atoms with Gasteiger partial charge in [0.15, 0.2) is 0 Å². The second kappa shape index (κ2) is 4.80. The molecule has 14 heavy (non-hydrogen) atoms. The van der Waals surface area contributed by atoms with Gasteiger partial charge in [-0.25, -0.2) is 4.39 Å². The molecule has 0 aromatic heterocycles. The molecule has 0 aliphatic rings. The third kappa shape index (κ3) is 3.10. The van der Waals surface area contributed by atoms with Crippen LogP contribution in [0.15, 0.2) is 29.4 Å². The highest BCUT2D eigenvalue weighted by atomic mass is 19.1. The fraction of sp³-hybridized carbons (Fsp3) is 0. The fourth-order valence-electron chi connectivity index (χ4n) is 0.785. The molecule has 0 aliphatic carbocycles. The van der Waals surface area contributed by atoms with E-state index in [1.165, 1.54) is 18.2 Å². The van der Waals surface area contributed by atoms with Crippen molar-refractivity contribution < 1.29 is 14.4 Å². The van der Waals surface area contributed by atoms with Crippen molar-refractivity contribution >= 4 is 17.8 Å². The summed E-state index contributed by atoms with van der Waals surface area (Å²) in [6.45, 7) is 0. The molecule has 1 aromatic rings. The van der Waals surface area contributed by atoms with Crippen LogP contribution in [0.1, 0.15) is 0 Å². The second-order valence-electron chi connectivity index (χ2n) is 2.37. The van der Waals surface area contributed by atoms with Crippen molar-refractivity contribution in [2.45, 2.75) is 0 Å². The zero-order valence-electron chi connectivity index (χ0n) is 7.07. The first kappa shape index (κ1) is 9.97. The average Bonchev–Trinajstić information content (AvgIpc) is 2.15. The maximum atomic E-state index is 12.6. The van der Waals surface area contributed by atoms with Crippen molar-refractivity contribution in [3.05, 3.63) is 30.1 Å². The smallest absolute Gasteiger partial charge is 0.284 e. The van der Waals surface area contributed by atoms with E-state index in [0.29, 0.717) is 11.9 Å². The number of oxime groups is 1. The van der Waals surface area contributed by atoms with Crippen LogP contribution >= 0.6 is 0 Å². The van der Waals surface area contributed by atoms with Gasteiger partial charge in [-0.2, -0.15) is 0 Å². The summed E-state index contributed by atoms with van der Waals surface area (Å²) in [7, 11) is 0. The van der Waals surface area contributed by atoms with Gasteiger partial charge in [0.2, 0.25) is 0 Å². The maximum absolute atomic E-state index is 12.6. The molecule has 0 aliphatic heterocycles. The molecule has 1 rings (SSSR count). The molecular weight excluding hydrogens is 189 g/mol. The Morgan fingerprint density at radius 2 is 2.36 bits per heavy atom. The molecule has 0 saturated carbocycles. The summed E-state index contributed by atoms with van der Waals surface area (Å²) in [5, 5.41) is 10.5. The van der Waals surface area contributed by atoms with E-state index >= 15 is 0 Å². The Bertz CT molecular complexity index is 354. The van der Waals surface area contributed by atoms with Gasteiger partial charge in [0.1, 0.15) is 12.0 Å². The number of nitrogens with one attached hydrogen (secondary N) is 2. The lowest BCUT2D eigenvalue weighted by atomic mass is 10.3. The molecule has 1 aromatic carbocycles. The van der Waals surface area contributed by atoms with Gasteiger partial charge < -0.3 is 5.21 Å². The highest BCUT2D eigenvalue weighted by molar-refractivity contribution is 6.26. The number of anilines is 1. The van der Waals surface area contributed by atoms with Crippen molar-refractivity contribution in [2.75, 3.05) is 5.43 Å². The lowest BCUT2D eigenvalue weighted by molar-refractivity contribution is -0.114. The number of hydrogen-bond donors (Lipinski definition) is 3. The first-order valence-corrected chi connectivity index (χ1v) is 3.71. The standard InChI is InChI=1S/C8H8FN3O2/c9-6-2-1-3-7(4-6)11-12-8(13)5-10-14/h1-5,11,14H,(H,12,13)/b10-5+. The van der Waals surface area contributed by atoms with E-state index in [1.807, 2.05) is 0 Å². The summed E-state index contributed by atoms with van der Waals surface area (Å²) in [5.41, 5.74) is 4.98. The Hall–Kier alpha value is -2.11. The van der Waals surface area contributed by atoms with Crippen LogP contribution in [-0.4, -0.2) is 17.3 Å². The zero-order chi connectivity index (χ0) is 10.4. The topological polar surface area (TPSA) is 73.7 Å². The van der Waals surface area contributed by atoms with Crippen LogP contribution in [0.5, 0.6) is 0 Å². The molecule has 0 heterocycles. The van der Waals surface area contributed by atoms with Gasteiger partial charge in [-0.15, -0.1) is 0 Å². The van der Waals surface area contributed by atoms with Crippen molar-refractivity contribution in [2.24, 2.45) is 5.16 Å². The molecule has 74 valence electrons. The summed E-state index contributed by atoms with van der Waals surface area (Å²) in [5.74, 6) is -1.06. The number of rotatable bonds is 3. The van der Waals surface area contributed by atoms with Crippen LogP contribution in [0.4, 0.5) is 10.1 Å². The number of hydrazine groups is 1. The van der Waals surface area contributed by atoms with Crippen molar-refractivity contribution in [1.82, 2.24) is 5.43 Å². The lowest BCUT2D eigenvalue weighted by Crippen LogP contribution is -2.30. The van der Waals surface area contributed by atoms with Crippen LogP contribution in [0, 0.1) is 5.82 Å².